The number of hydrogen-bond acceptors (Lipinski definition) is 4. The van der Waals surface area contributed by atoms with E-state index in [1.807, 2.05) is 13.0 Å². The third-order valence-electron chi connectivity index (χ3n) is 3.86. The minimum Gasteiger partial charge on any atom is -0.497 e. The summed E-state index contributed by atoms with van der Waals surface area (Å²) in [5.41, 5.74) is 1.37. The van der Waals surface area contributed by atoms with E-state index in [-0.39, 0.29) is 12.1 Å². The summed E-state index contributed by atoms with van der Waals surface area (Å²) in [6, 6.07) is 3.60. The van der Waals surface area contributed by atoms with Gasteiger partial charge < -0.3 is 14.2 Å². The fourth-order valence-corrected chi connectivity index (χ4v) is 2.64. The number of fused-ring (bicyclic) bond motifs is 1. The van der Waals surface area contributed by atoms with Crippen LogP contribution in [0.15, 0.2) is 24.3 Å². The van der Waals surface area contributed by atoms with E-state index < -0.39 is 0 Å². The third kappa shape index (κ3) is 4.03. The van der Waals surface area contributed by atoms with Gasteiger partial charge in [0.15, 0.2) is 0 Å². The molecule has 0 amide bonds. The second-order valence-corrected chi connectivity index (χ2v) is 5.54. The van der Waals surface area contributed by atoms with Crippen molar-refractivity contribution in [1.82, 2.24) is 0 Å². The summed E-state index contributed by atoms with van der Waals surface area (Å²) < 4.78 is 16.3. The fourth-order valence-electron chi connectivity index (χ4n) is 2.64. The van der Waals surface area contributed by atoms with Crippen LogP contribution in [-0.4, -0.2) is 26.3 Å². The van der Waals surface area contributed by atoms with Crippen molar-refractivity contribution < 1.29 is 19.0 Å². The van der Waals surface area contributed by atoms with Crippen LogP contribution in [0.25, 0.3) is 0 Å². The molecule has 4 nitrogen and oxygen atoms in total. The summed E-state index contributed by atoms with van der Waals surface area (Å²) in [5.74, 6) is 0.852. The molecule has 2 rings (SSSR count). The normalized spacial score (nSPS) is 20.9. The molecule has 1 heterocycles. The number of methoxy groups -OCH3 is 2. The van der Waals surface area contributed by atoms with Crippen LogP contribution in [0.3, 0.4) is 0 Å². The maximum atomic E-state index is 12.5. The highest BCUT2D eigenvalue weighted by molar-refractivity contribution is 5.94. The van der Waals surface area contributed by atoms with Crippen molar-refractivity contribution in [2.75, 3.05) is 14.2 Å². The molecule has 1 aromatic carbocycles. The molecule has 0 saturated carbocycles. The zero-order valence-corrected chi connectivity index (χ0v) is 13.6. The summed E-state index contributed by atoms with van der Waals surface area (Å²) in [6.07, 6.45) is 8.95. The molecule has 0 radical (unpaired) electrons. The Kier molecular flexibility index (Phi) is 5.87. The maximum Gasteiger partial charge on any atom is 0.342 e. The average Bonchev–Trinajstić information content (AvgIpc) is 2.51. The van der Waals surface area contributed by atoms with Crippen molar-refractivity contribution in [3.05, 3.63) is 35.4 Å². The first-order valence-corrected chi connectivity index (χ1v) is 7.76. The highest BCUT2D eigenvalue weighted by atomic mass is 16.5. The molecule has 1 aromatic rings. The van der Waals surface area contributed by atoms with Crippen LogP contribution < -0.4 is 9.47 Å². The summed E-state index contributed by atoms with van der Waals surface area (Å²) in [6.45, 7) is 1.94. The average molecular weight is 304 g/mol. The molecule has 1 unspecified atom stereocenters. The number of carbonyl (C=O) groups excluding carboxylic acids is 1. The number of hydrogen-bond donors (Lipinski definition) is 0. The Balaban J connectivity index is 2.44. The van der Waals surface area contributed by atoms with Crippen LogP contribution in [0.1, 0.15) is 48.5 Å². The van der Waals surface area contributed by atoms with E-state index in [0.717, 1.165) is 31.2 Å². The molecule has 1 atom stereocenters. The Morgan fingerprint density at radius 1 is 1.14 bits per heavy atom. The maximum absolute atomic E-state index is 12.5. The molecular formula is C18H24O4. The van der Waals surface area contributed by atoms with E-state index in [1.165, 1.54) is 0 Å². The number of benzene rings is 1. The van der Waals surface area contributed by atoms with Gasteiger partial charge in [-0.2, -0.15) is 0 Å². The largest absolute Gasteiger partial charge is 0.497 e. The van der Waals surface area contributed by atoms with Gasteiger partial charge in [0.1, 0.15) is 17.1 Å². The molecule has 4 heteroatoms. The number of allylic oxidation sites excluding steroid dienone is 2. The van der Waals surface area contributed by atoms with Crippen LogP contribution in [0.4, 0.5) is 0 Å². The fraction of sp³-hybridized carbons (Fsp3) is 0.500. The van der Waals surface area contributed by atoms with Gasteiger partial charge in [-0.25, -0.2) is 4.79 Å². The van der Waals surface area contributed by atoms with Crippen LogP contribution in [0.5, 0.6) is 11.5 Å². The van der Waals surface area contributed by atoms with Gasteiger partial charge in [-0.05, 0) is 50.7 Å². The second kappa shape index (κ2) is 7.87. The lowest BCUT2D eigenvalue weighted by Crippen LogP contribution is -2.17. The Labute approximate surface area is 132 Å². The Bertz CT molecular complexity index is 548. The molecular weight excluding hydrogens is 280 g/mol. The first kappa shape index (κ1) is 16.4. The van der Waals surface area contributed by atoms with Gasteiger partial charge in [-0.3, -0.25) is 0 Å². The van der Waals surface area contributed by atoms with Crippen molar-refractivity contribution in [2.24, 2.45) is 0 Å². The van der Waals surface area contributed by atoms with E-state index in [4.69, 9.17) is 14.2 Å². The van der Waals surface area contributed by atoms with Crippen LogP contribution in [0, 0.1) is 0 Å². The summed E-state index contributed by atoms with van der Waals surface area (Å²) in [4.78, 5) is 12.5. The first-order chi connectivity index (χ1) is 10.7. The highest BCUT2D eigenvalue weighted by Gasteiger charge is 2.22. The van der Waals surface area contributed by atoms with Crippen molar-refractivity contribution in [3.8, 4) is 11.5 Å². The topological polar surface area (TPSA) is 44.8 Å². The SMILES string of the molecule is COc1cc2c(c(OC)c1)C(=O)OC(C)CCCC/C=C\C2. The van der Waals surface area contributed by atoms with E-state index in [2.05, 4.69) is 12.2 Å². The minimum absolute atomic E-state index is 0.0874. The van der Waals surface area contributed by atoms with Gasteiger partial charge in [0.2, 0.25) is 0 Å². The van der Waals surface area contributed by atoms with Crippen molar-refractivity contribution in [1.29, 1.82) is 0 Å². The molecule has 0 saturated heterocycles. The standard InChI is InChI=1S/C18H24O4/c1-13-9-7-5-4-6-8-10-14-11-15(20-2)12-16(21-3)17(14)18(19)22-13/h6,8,11-13H,4-5,7,9-10H2,1-3H3/b8-6-. The zero-order chi connectivity index (χ0) is 15.9. The quantitative estimate of drug-likeness (QED) is 0.613. The van der Waals surface area contributed by atoms with Gasteiger partial charge in [0.05, 0.1) is 20.3 Å². The van der Waals surface area contributed by atoms with E-state index in [0.29, 0.717) is 23.5 Å². The van der Waals surface area contributed by atoms with Gasteiger partial charge in [0.25, 0.3) is 0 Å². The van der Waals surface area contributed by atoms with Crippen molar-refractivity contribution in [3.63, 3.8) is 0 Å². The summed E-state index contributed by atoms with van der Waals surface area (Å²) in [5, 5.41) is 0. The molecule has 0 bridgehead atoms. The van der Waals surface area contributed by atoms with Crippen LogP contribution in [0.2, 0.25) is 0 Å². The number of ether oxygens (including phenoxy) is 3. The molecule has 1 aliphatic rings. The molecule has 0 aromatic heterocycles. The molecule has 1 aliphatic heterocycles. The predicted molar refractivity (Wildman–Crippen MR) is 85.7 cm³/mol. The number of carbonyl (C=O) groups is 1. The lowest BCUT2D eigenvalue weighted by molar-refractivity contribution is 0.0315. The van der Waals surface area contributed by atoms with Gasteiger partial charge in [-0.15, -0.1) is 0 Å². The number of cyclic esters (lactones) is 1. The number of rotatable bonds is 2. The van der Waals surface area contributed by atoms with E-state index in [1.54, 1.807) is 20.3 Å². The lowest BCUT2D eigenvalue weighted by atomic mass is 10.0. The highest BCUT2D eigenvalue weighted by Crippen LogP contribution is 2.31. The van der Waals surface area contributed by atoms with Crippen LogP contribution >= 0.6 is 0 Å². The molecule has 0 spiro atoms. The Hall–Kier alpha value is -1.97. The minimum atomic E-state index is -0.323. The third-order valence-corrected chi connectivity index (χ3v) is 3.86. The lowest BCUT2D eigenvalue weighted by Gasteiger charge is -2.18. The van der Waals surface area contributed by atoms with E-state index in [9.17, 15) is 4.79 Å². The van der Waals surface area contributed by atoms with E-state index >= 15 is 0 Å². The van der Waals surface area contributed by atoms with Gasteiger partial charge in [0, 0.05) is 6.07 Å². The molecule has 0 aliphatic carbocycles. The summed E-state index contributed by atoms with van der Waals surface area (Å²) >= 11 is 0. The Morgan fingerprint density at radius 2 is 1.95 bits per heavy atom. The monoisotopic (exact) mass is 304 g/mol. The second-order valence-electron chi connectivity index (χ2n) is 5.54. The van der Waals surface area contributed by atoms with Crippen LogP contribution in [-0.2, 0) is 11.2 Å². The predicted octanol–water partition coefficient (Wildman–Crippen LogP) is 3.92. The zero-order valence-electron chi connectivity index (χ0n) is 13.6. The molecule has 22 heavy (non-hydrogen) atoms. The van der Waals surface area contributed by atoms with Crippen molar-refractivity contribution >= 4 is 5.97 Å². The molecule has 0 fully saturated rings. The molecule has 0 N–H and O–H groups in total. The Morgan fingerprint density at radius 3 is 2.68 bits per heavy atom. The first-order valence-electron chi connectivity index (χ1n) is 7.76. The van der Waals surface area contributed by atoms with Gasteiger partial charge in [-0.1, -0.05) is 12.2 Å². The summed E-state index contributed by atoms with van der Waals surface area (Å²) in [7, 11) is 3.16. The molecule has 120 valence electrons. The van der Waals surface area contributed by atoms with Crippen molar-refractivity contribution in [2.45, 2.75) is 45.1 Å². The van der Waals surface area contributed by atoms with Gasteiger partial charge >= 0.3 is 5.97 Å². The smallest absolute Gasteiger partial charge is 0.342 e. The number of esters is 1.